The molecule has 0 amide bonds. The molecule has 1 aliphatic heterocycles. The molecule has 1 aromatic heterocycles. The van der Waals surface area contributed by atoms with Crippen molar-refractivity contribution < 1.29 is 23.6 Å². The first-order valence-corrected chi connectivity index (χ1v) is 10.7. The Bertz CT molecular complexity index is 910. The van der Waals surface area contributed by atoms with Gasteiger partial charge in [0.2, 0.25) is 0 Å². The Morgan fingerprint density at radius 1 is 1.13 bits per heavy atom. The van der Waals surface area contributed by atoms with Crippen molar-refractivity contribution in [2.75, 3.05) is 6.61 Å². The molecule has 1 saturated heterocycles. The van der Waals surface area contributed by atoms with Crippen LogP contribution >= 0.6 is 0 Å². The SMILES string of the molecule is CCCCOc1ccc2c(B3OC(C)(C)C(C)(C)O3)cn(C(=O)OC(C)(C)C)c2c1. The van der Waals surface area contributed by atoms with Gasteiger partial charge in [-0.3, -0.25) is 4.57 Å². The van der Waals surface area contributed by atoms with Gasteiger partial charge in [-0.1, -0.05) is 13.3 Å². The van der Waals surface area contributed by atoms with Gasteiger partial charge in [0, 0.05) is 23.1 Å². The monoisotopic (exact) mass is 415 g/mol. The van der Waals surface area contributed by atoms with Crippen LogP contribution in [0.2, 0.25) is 0 Å². The summed E-state index contributed by atoms with van der Waals surface area (Å²) in [7, 11) is -0.576. The molecule has 0 radical (unpaired) electrons. The van der Waals surface area contributed by atoms with E-state index in [4.69, 9.17) is 18.8 Å². The molecular formula is C23H34BNO5. The predicted octanol–water partition coefficient (Wildman–Crippen LogP) is 4.90. The Labute approximate surface area is 180 Å². The van der Waals surface area contributed by atoms with Gasteiger partial charge in [0.25, 0.3) is 0 Å². The molecule has 7 heteroatoms. The van der Waals surface area contributed by atoms with Gasteiger partial charge in [-0.15, -0.1) is 0 Å². The van der Waals surface area contributed by atoms with Crippen molar-refractivity contribution in [1.29, 1.82) is 0 Å². The number of unbranched alkanes of at least 4 members (excludes halogenated alkanes) is 1. The Morgan fingerprint density at radius 2 is 1.77 bits per heavy atom. The van der Waals surface area contributed by atoms with Crippen molar-refractivity contribution in [3.05, 3.63) is 24.4 Å². The summed E-state index contributed by atoms with van der Waals surface area (Å²) in [5, 5.41) is 0.877. The van der Waals surface area contributed by atoms with Crippen molar-refractivity contribution in [2.24, 2.45) is 0 Å². The molecule has 0 unspecified atom stereocenters. The molecule has 1 aromatic carbocycles. The maximum Gasteiger partial charge on any atom is 0.497 e. The smallest absolute Gasteiger partial charge is 0.494 e. The molecule has 3 rings (SSSR count). The first-order chi connectivity index (χ1) is 13.8. The van der Waals surface area contributed by atoms with Crippen LogP contribution in [0, 0.1) is 0 Å². The molecule has 1 aliphatic rings. The van der Waals surface area contributed by atoms with Gasteiger partial charge in [-0.2, -0.15) is 0 Å². The van der Waals surface area contributed by atoms with Gasteiger partial charge in [0.1, 0.15) is 11.4 Å². The lowest BCUT2D eigenvalue weighted by molar-refractivity contribution is 0.00578. The zero-order valence-corrected chi connectivity index (χ0v) is 19.5. The minimum atomic E-state index is -0.604. The van der Waals surface area contributed by atoms with Crippen LogP contribution in [0.4, 0.5) is 4.79 Å². The summed E-state index contributed by atoms with van der Waals surface area (Å²) in [6.07, 6.45) is 3.35. The predicted molar refractivity (Wildman–Crippen MR) is 120 cm³/mol. The van der Waals surface area contributed by atoms with Crippen molar-refractivity contribution in [3.8, 4) is 5.75 Å². The number of carbonyl (C=O) groups excluding carboxylic acids is 1. The molecule has 164 valence electrons. The lowest BCUT2D eigenvalue weighted by Gasteiger charge is -2.32. The van der Waals surface area contributed by atoms with E-state index in [1.54, 1.807) is 6.20 Å². The maximum absolute atomic E-state index is 12.9. The Balaban J connectivity index is 2.04. The first kappa shape index (κ1) is 22.7. The molecule has 0 N–H and O–H groups in total. The van der Waals surface area contributed by atoms with Gasteiger partial charge in [-0.05, 0) is 67.0 Å². The van der Waals surface area contributed by atoms with E-state index in [0.29, 0.717) is 12.1 Å². The van der Waals surface area contributed by atoms with Crippen molar-refractivity contribution in [3.63, 3.8) is 0 Å². The summed E-state index contributed by atoms with van der Waals surface area (Å²) in [4.78, 5) is 12.9. The standard InChI is InChI=1S/C23H34BNO5/c1-9-10-13-27-16-11-12-17-18(24-29-22(5,6)23(7,8)30-24)15-25(19(17)14-16)20(26)28-21(2,3)4/h11-12,14-15H,9-10,13H2,1-8H3. The largest absolute Gasteiger partial charge is 0.497 e. The van der Waals surface area contributed by atoms with Crippen LogP contribution in [0.15, 0.2) is 24.4 Å². The van der Waals surface area contributed by atoms with Gasteiger partial charge < -0.3 is 18.8 Å². The topological polar surface area (TPSA) is 58.9 Å². The highest BCUT2D eigenvalue weighted by Crippen LogP contribution is 2.37. The van der Waals surface area contributed by atoms with Gasteiger partial charge >= 0.3 is 13.2 Å². The van der Waals surface area contributed by atoms with Gasteiger partial charge in [0.15, 0.2) is 0 Å². The number of carbonyl (C=O) groups is 1. The zero-order chi connectivity index (χ0) is 22.3. The highest BCUT2D eigenvalue weighted by molar-refractivity contribution is 6.65. The van der Waals surface area contributed by atoms with Crippen LogP contribution in [0.3, 0.4) is 0 Å². The molecule has 2 heterocycles. The van der Waals surface area contributed by atoms with E-state index in [-0.39, 0.29) is 0 Å². The third kappa shape index (κ3) is 4.52. The van der Waals surface area contributed by atoms with Gasteiger partial charge in [-0.25, -0.2) is 4.79 Å². The third-order valence-electron chi connectivity index (χ3n) is 5.67. The minimum Gasteiger partial charge on any atom is -0.494 e. The molecule has 2 aromatic rings. The maximum atomic E-state index is 12.9. The Kier molecular flexibility index (Phi) is 6.00. The fraction of sp³-hybridized carbons (Fsp3) is 0.609. The zero-order valence-electron chi connectivity index (χ0n) is 19.5. The van der Waals surface area contributed by atoms with Crippen LogP contribution in [-0.4, -0.2) is 41.2 Å². The van der Waals surface area contributed by atoms with Crippen LogP contribution < -0.4 is 10.2 Å². The summed E-state index contributed by atoms with van der Waals surface area (Å²) < 4.78 is 25.5. The van der Waals surface area contributed by atoms with E-state index in [1.165, 1.54) is 4.57 Å². The van der Waals surface area contributed by atoms with Crippen molar-refractivity contribution in [1.82, 2.24) is 4.57 Å². The molecular weight excluding hydrogens is 381 g/mol. The van der Waals surface area contributed by atoms with E-state index < -0.39 is 30.0 Å². The van der Waals surface area contributed by atoms with Crippen molar-refractivity contribution in [2.45, 2.75) is 85.0 Å². The highest BCUT2D eigenvalue weighted by Gasteiger charge is 2.52. The number of hydrogen-bond donors (Lipinski definition) is 0. The number of benzene rings is 1. The second kappa shape index (κ2) is 7.93. The minimum absolute atomic E-state index is 0.444. The summed E-state index contributed by atoms with van der Waals surface area (Å²) in [5.74, 6) is 0.722. The Hall–Kier alpha value is -1.99. The number of nitrogens with zero attached hydrogens (tertiary/aromatic N) is 1. The lowest BCUT2D eigenvalue weighted by Crippen LogP contribution is -2.41. The van der Waals surface area contributed by atoms with E-state index >= 15 is 0 Å². The lowest BCUT2D eigenvalue weighted by atomic mass is 9.79. The molecule has 0 spiro atoms. The number of hydrogen-bond acceptors (Lipinski definition) is 5. The number of fused-ring (bicyclic) bond motifs is 1. The third-order valence-corrected chi connectivity index (χ3v) is 5.67. The van der Waals surface area contributed by atoms with E-state index in [0.717, 1.165) is 29.4 Å². The number of ether oxygens (including phenoxy) is 2. The van der Waals surface area contributed by atoms with Crippen LogP contribution in [0.1, 0.15) is 68.2 Å². The number of rotatable bonds is 5. The molecule has 0 bridgehead atoms. The summed E-state index contributed by atoms with van der Waals surface area (Å²) >= 11 is 0. The van der Waals surface area contributed by atoms with E-state index in [2.05, 4.69) is 6.92 Å². The quantitative estimate of drug-likeness (QED) is 0.514. The van der Waals surface area contributed by atoms with Crippen LogP contribution in [0.25, 0.3) is 10.9 Å². The second-order valence-electron chi connectivity index (χ2n) is 9.90. The highest BCUT2D eigenvalue weighted by atomic mass is 16.7. The average molecular weight is 415 g/mol. The second-order valence-corrected chi connectivity index (χ2v) is 9.90. The fourth-order valence-electron chi connectivity index (χ4n) is 3.28. The molecule has 0 saturated carbocycles. The molecule has 6 nitrogen and oxygen atoms in total. The van der Waals surface area contributed by atoms with Gasteiger partial charge in [0.05, 0.1) is 23.3 Å². The van der Waals surface area contributed by atoms with E-state index in [1.807, 2.05) is 66.7 Å². The summed E-state index contributed by atoms with van der Waals surface area (Å²) in [6, 6.07) is 5.76. The molecule has 0 atom stereocenters. The summed E-state index contributed by atoms with van der Waals surface area (Å²) in [6.45, 7) is 16.4. The van der Waals surface area contributed by atoms with Crippen LogP contribution in [0.5, 0.6) is 5.75 Å². The summed E-state index contributed by atoms with van der Waals surface area (Å²) in [5.41, 5.74) is -0.0341. The average Bonchev–Trinajstić information content (AvgIpc) is 3.08. The first-order valence-electron chi connectivity index (χ1n) is 10.7. The molecule has 30 heavy (non-hydrogen) atoms. The molecule has 0 aliphatic carbocycles. The normalized spacial score (nSPS) is 18.1. The van der Waals surface area contributed by atoms with Crippen LogP contribution in [-0.2, 0) is 14.0 Å². The van der Waals surface area contributed by atoms with Crippen molar-refractivity contribution >= 4 is 29.6 Å². The fourth-order valence-corrected chi connectivity index (χ4v) is 3.28. The number of aromatic nitrogens is 1. The Morgan fingerprint density at radius 3 is 2.33 bits per heavy atom. The van der Waals surface area contributed by atoms with E-state index in [9.17, 15) is 4.79 Å². The molecule has 1 fully saturated rings.